The molecule has 1 saturated heterocycles. The van der Waals surface area contributed by atoms with Gasteiger partial charge in [-0.25, -0.2) is 4.39 Å². The summed E-state index contributed by atoms with van der Waals surface area (Å²) in [5.41, 5.74) is 2.06. The Morgan fingerprint density at radius 3 is 2.64 bits per heavy atom. The van der Waals surface area contributed by atoms with Gasteiger partial charge in [0, 0.05) is 32.1 Å². The maximum atomic E-state index is 12.9. The predicted octanol–water partition coefficient (Wildman–Crippen LogP) is 2.50. The van der Waals surface area contributed by atoms with E-state index < -0.39 is 0 Å². The number of halogens is 2. The van der Waals surface area contributed by atoms with Crippen molar-refractivity contribution in [2.75, 3.05) is 19.6 Å². The number of aliphatic hydroxyl groups excluding tert-OH is 1. The molecule has 2 aromatic carbocycles. The molecule has 0 saturated carbocycles. The van der Waals surface area contributed by atoms with Gasteiger partial charge in [-0.05, 0) is 35.4 Å². The Balaban J connectivity index is 0.00000225. The molecule has 0 spiro atoms. The SMILES string of the molecule is Cl.OC1CNCC1CNCc1cccc(OCc2ccc(F)cc2)c1. The average molecular weight is 367 g/mol. The Kier molecular flexibility index (Phi) is 7.65. The molecule has 1 aliphatic heterocycles. The highest BCUT2D eigenvalue weighted by atomic mass is 35.5. The normalized spacial score (nSPS) is 19.4. The molecule has 25 heavy (non-hydrogen) atoms. The van der Waals surface area contributed by atoms with Crippen molar-refractivity contribution < 1.29 is 14.2 Å². The van der Waals surface area contributed by atoms with E-state index in [1.54, 1.807) is 12.1 Å². The minimum absolute atomic E-state index is 0. The summed E-state index contributed by atoms with van der Waals surface area (Å²) in [5, 5.41) is 16.3. The van der Waals surface area contributed by atoms with Gasteiger partial charge in [0.2, 0.25) is 0 Å². The van der Waals surface area contributed by atoms with Crippen molar-refractivity contribution >= 4 is 12.4 Å². The summed E-state index contributed by atoms with van der Waals surface area (Å²) in [6.45, 7) is 3.47. The summed E-state index contributed by atoms with van der Waals surface area (Å²) in [6, 6.07) is 14.2. The Labute approximate surface area is 153 Å². The van der Waals surface area contributed by atoms with Crippen LogP contribution in [-0.2, 0) is 13.2 Å². The van der Waals surface area contributed by atoms with Crippen LogP contribution in [0.5, 0.6) is 5.75 Å². The van der Waals surface area contributed by atoms with E-state index in [1.165, 1.54) is 12.1 Å². The van der Waals surface area contributed by atoms with Crippen LogP contribution in [0.2, 0.25) is 0 Å². The number of hydrogen-bond donors (Lipinski definition) is 3. The maximum Gasteiger partial charge on any atom is 0.123 e. The topological polar surface area (TPSA) is 53.5 Å². The zero-order chi connectivity index (χ0) is 16.8. The second kappa shape index (κ2) is 9.73. The van der Waals surface area contributed by atoms with Crippen LogP contribution in [0, 0.1) is 11.7 Å². The first-order valence-electron chi connectivity index (χ1n) is 8.26. The van der Waals surface area contributed by atoms with Gasteiger partial charge < -0.3 is 20.5 Å². The summed E-state index contributed by atoms with van der Waals surface area (Å²) in [4.78, 5) is 0. The number of ether oxygens (including phenoxy) is 1. The van der Waals surface area contributed by atoms with Crippen LogP contribution in [0.15, 0.2) is 48.5 Å². The largest absolute Gasteiger partial charge is 0.489 e. The smallest absolute Gasteiger partial charge is 0.123 e. The minimum Gasteiger partial charge on any atom is -0.489 e. The van der Waals surface area contributed by atoms with Gasteiger partial charge in [-0.1, -0.05) is 24.3 Å². The third-order valence-electron chi connectivity index (χ3n) is 4.26. The molecule has 1 heterocycles. The number of nitrogens with one attached hydrogen (secondary N) is 2. The average Bonchev–Trinajstić information content (AvgIpc) is 3.00. The molecular formula is C19H24ClFN2O2. The fourth-order valence-corrected chi connectivity index (χ4v) is 2.82. The van der Waals surface area contributed by atoms with Crippen molar-refractivity contribution in [1.82, 2.24) is 10.6 Å². The highest BCUT2D eigenvalue weighted by Crippen LogP contribution is 2.16. The first-order valence-corrected chi connectivity index (χ1v) is 8.26. The third-order valence-corrected chi connectivity index (χ3v) is 4.26. The minimum atomic E-state index is -0.261. The molecule has 0 radical (unpaired) electrons. The van der Waals surface area contributed by atoms with Gasteiger partial charge in [0.15, 0.2) is 0 Å². The standard InChI is InChI=1S/C19H23FN2O2.ClH/c20-17-6-4-14(5-7-17)13-24-18-3-1-2-15(8-18)9-21-10-16-11-22-12-19(16)23;/h1-8,16,19,21-23H,9-13H2;1H. The van der Waals surface area contributed by atoms with Crippen LogP contribution < -0.4 is 15.4 Å². The first-order chi connectivity index (χ1) is 11.7. The molecule has 2 aromatic rings. The summed E-state index contributed by atoms with van der Waals surface area (Å²) in [5.74, 6) is 0.818. The Hall–Kier alpha value is -1.66. The number of rotatable bonds is 7. The molecule has 2 atom stereocenters. The fourth-order valence-electron chi connectivity index (χ4n) is 2.82. The van der Waals surface area contributed by atoms with Crippen LogP contribution in [-0.4, -0.2) is 30.8 Å². The summed E-state index contributed by atoms with van der Waals surface area (Å²) in [6.07, 6.45) is -0.261. The highest BCUT2D eigenvalue weighted by molar-refractivity contribution is 5.85. The molecule has 0 aromatic heterocycles. The van der Waals surface area contributed by atoms with Crippen molar-refractivity contribution in [3.05, 3.63) is 65.5 Å². The number of aliphatic hydroxyl groups is 1. The molecule has 6 heteroatoms. The molecule has 4 nitrogen and oxygen atoms in total. The molecular weight excluding hydrogens is 343 g/mol. The molecule has 1 fully saturated rings. The van der Waals surface area contributed by atoms with E-state index in [2.05, 4.69) is 10.6 Å². The quantitative estimate of drug-likeness (QED) is 0.704. The maximum absolute atomic E-state index is 12.9. The van der Waals surface area contributed by atoms with Gasteiger partial charge in [-0.3, -0.25) is 0 Å². The van der Waals surface area contributed by atoms with E-state index in [9.17, 15) is 9.50 Å². The lowest BCUT2D eigenvalue weighted by Gasteiger charge is -2.14. The zero-order valence-electron chi connectivity index (χ0n) is 14.0. The van der Waals surface area contributed by atoms with Crippen molar-refractivity contribution in [3.8, 4) is 5.75 Å². The lowest BCUT2D eigenvalue weighted by Crippen LogP contribution is -2.30. The van der Waals surface area contributed by atoms with Crippen LogP contribution >= 0.6 is 12.4 Å². The van der Waals surface area contributed by atoms with E-state index in [1.807, 2.05) is 24.3 Å². The van der Waals surface area contributed by atoms with Crippen LogP contribution in [0.3, 0.4) is 0 Å². The zero-order valence-corrected chi connectivity index (χ0v) is 14.8. The van der Waals surface area contributed by atoms with Gasteiger partial charge >= 0.3 is 0 Å². The fraction of sp³-hybridized carbons (Fsp3) is 0.368. The predicted molar refractivity (Wildman–Crippen MR) is 98.5 cm³/mol. The Bertz CT molecular complexity index is 654. The molecule has 0 aliphatic carbocycles. The summed E-state index contributed by atoms with van der Waals surface area (Å²) >= 11 is 0. The number of β-amino-alcohol motifs (C(OH)–C–C–N with tert-alkyl or cyclic N) is 1. The molecule has 3 N–H and O–H groups in total. The van der Waals surface area contributed by atoms with Crippen molar-refractivity contribution in [1.29, 1.82) is 0 Å². The second-order valence-corrected chi connectivity index (χ2v) is 6.18. The van der Waals surface area contributed by atoms with Gasteiger partial charge in [0.25, 0.3) is 0 Å². The first kappa shape index (κ1) is 19.7. The van der Waals surface area contributed by atoms with E-state index in [4.69, 9.17) is 4.74 Å². The molecule has 136 valence electrons. The van der Waals surface area contributed by atoms with Crippen molar-refractivity contribution in [2.45, 2.75) is 19.3 Å². The van der Waals surface area contributed by atoms with Gasteiger partial charge in [0.1, 0.15) is 18.2 Å². The second-order valence-electron chi connectivity index (χ2n) is 6.18. The number of hydrogen-bond acceptors (Lipinski definition) is 4. The van der Waals surface area contributed by atoms with Crippen LogP contribution in [0.4, 0.5) is 4.39 Å². The Morgan fingerprint density at radius 2 is 1.92 bits per heavy atom. The highest BCUT2D eigenvalue weighted by Gasteiger charge is 2.23. The van der Waals surface area contributed by atoms with E-state index in [0.717, 1.165) is 36.5 Å². The van der Waals surface area contributed by atoms with Gasteiger partial charge in [-0.15, -0.1) is 12.4 Å². The van der Waals surface area contributed by atoms with Gasteiger partial charge in [-0.2, -0.15) is 0 Å². The van der Waals surface area contributed by atoms with E-state index in [0.29, 0.717) is 13.2 Å². The monoisotopic (exact) mass is 366 g/mol. The van der Waals surface area contributed by atoms with Crippen LogP contribution in [0.1, 0.15) is 11.1 Å². The molecule has 1 aliphatic rings. The molecule has 3 rings (SSSR count). The molecule has 0 bridgehead atoms. The van der Waals surface area contributed by atoms with Gasteiger partial charge in [0.05, 0.1) is 6.10 Å². The lowest BCUT2D eigenvalue weighted by molar-refractivity contribution is 0.146. The van der Waals surface area contributed by atoms with E-state index >= 15 is 0 Å². The third kappa shape index (κ3) is 5.97. The molecule has 0 amide bonds. The summed E-state index contributed by atoms with van der Waals surface area (Å²) in [7, 11) is 0. The summed E-state index contributed by atoms with van der Waals surface area (Å²) < 4.78 is 18.7. The Morgan fingerprint density at radius 1 is 1.12 bits per heavy atom. The lowest BCUT2D eigenvalue weighted by atomic mass is 10.1. The van der Waals surface area contributed by atoms with Crippen LogP contribution in [0.25, 0.3) is 0 Å². The van der Waals surface area contributed by atoms with Crippen molar-refractivity contribution in [3.63, 3.8) is 0 Å². The molecule has 2 unspecified atom stereocenters. The number of benzene rings is 2. The van der Waals surface area contributed by atoms with E-state index in [-0.39, 0.29) is 30.2 Å². The van der Waals surface area contributed by atoms with Crippen molar-refractivity contribution in [2.24, 2.45) is 5.92 Å².